The zero-order valence-electron chi connectivity index (χ0n) is 16.9. The molecule has 0 aromatic rings. The molecule has 0 aromatic carbocycles. The van der Waals surface area contributed by atoms with E-state index in [9.17, 15) is 9.59 Å². The van der Waals surface area contributed by atoms with Crippen molar-refractivity contribution >= 4 is 11.9 Å². The predicted octanol–water partition coefficient (Wildman–Crippen LogP) is 5.65. The van der Waals surface area contributed by atoms with Gasteiger partial charge in [-0.2, -0.15) is 0 Å². The quantitative estimate of drug-likeness (QED) is 0.270. The van der Waals surface area contributed by atoms with E-state index in [1.165, 1.54) is 0 Å². The number of carboxylic acid groups (broad SMARTS) is 2. The lowest BCUT2D eigenvalue weighted by atomic mass is 10.0. The fraction of sp³-hybridized carbons (Fsp3) is 0.739. The summed E-state index contributed by atoms with van der Waals surface area (Å²) in [6.07, 6.45) is 14.6. The van der Waals surface area contributed by atoms with Gasteiger partial charge in [-0.05, 0) is 37.5 Å². The number of carboxylic acids is 2. The maximum atomic E-state index is 10.7. The van der Waals surface area contributed by atoms with Gasteiger partial charge in [0.1, 0.15) is 0 Å². The third-order valence-corrected chi connectivity index (χ3v) is 4.54. The molecule has 0 aliphatic carbocycles. The van der Waals surface area contributed by atoms with Crippen molar-refractivity contribution in [2.75, 3.05) is 0 Å². The highest BCUT2D eigenvalue weighted by molar-refractivity contribution is 5.69. The fourth-order valence-corrected chi connectivity index (χ4v) is 2.73. The minimum absolute atomic E-state index is 0.224. The van der Waals surface area contributed by atoms with Crippen LogP contribution in [-0.4, -0.2) is 22.2 Å². The van der Waals surface area contributed by atoms with E-state index in [1.54, 1.807) is 6.92 Å². The number of hydrogen-bond donors (Lipinski definition) is 2. The van der Waals surface area contributed by atoms with Crippen molar-refractivity contribution in [3.05, 3.63) is 0 Å². The minimum atomic E-state index is -0.700. The van der Waals surface area contributed by atoms with Crippen molar-refractivity contribution in [1.29, 1.82) is 0 Å². The van der Waals surface area contributed by atoms with Gasteiger partial charge >= 0.3 is 11.9 Å². The van der Waals surface area contributed by atoms with Crippen molar-refractivity contribution < 1.29 is 19.8 Å². The first-order valence-electron chi connectivity index (χ1n) is 10.4. The van der Waals surface area contributed by atoms with Gasteiger partial charge < -0.3 is 10.2 Å². The molecule has 0 spiro atoms. The summed E-state index contributed by atoms with van der Waals surface area (Å²) in [5, 5.41) is 17.3. The molecule has 4 nitrogen and oxygen atoms in total. The number of carbonyl (C=O) groups is 2. The second-order valence-corrected chi connectivity index (χ2v) is 7.16. The standard InChI is InChI=1S/C23H36O4/c1-21(23(26)27)19-17-15-13-11-9-7-5-3-2-4-6-8-10-12-14-16-18-20-22(24)25/h21H,6-20H2,1H3,(H,24,25)(H,26,27). The lowest BCUT2D eigenvalue weighted by Gasteiger charge is -2.04. The third kappa shape index (κ3) is 20.2. The van der Waals surface area contributed by atoms with Gasteiger partial charge in [0.2, 0.25) is 0 Å². The molecule has 0 saturated heterocycles. The molecule has 0 aliphatic rings. The van der Waals surface area contributed by atoms with Crippen molar-refractivity contribution in [3.63, 3.8) is 0 Å². The van der Waals surface area contributed by atoms with E-state index in [0.717, 1.165) is 89.9 Å². The second-order valence-electron chi connectivity index (χ2n) is 7.16. The van der Waals surface area contributed by atoms with Gasteiger partial charge in [0.25, 0.3) is 0 Å². The summed E-state index contributed by atoms with van der Waals surface area (Å²) < 4.78 is 0. The highest BCUT2D eigenvalue weighted by atomic mass is 16.4. The third-order valence-electron chi connectivity index (χ3n) is 4.54. The molecular formula is C23H36O4. The van der Waals surface area contributed by atoms with Gasteiger partial charge in [-0.3, -0.25) is 9.59 Å². The smallest absolute Gasteiger partial charge is 0.306 e. The zero-order valence-corrected chi connectivity index (χ0v) is 16.9. The molecule has 0 radical (unpaired) electrons. The predicted molar refractivity (Wildman–Crippen MR) is 109 cm³/mol. The van der Waals surface area contributed by atoms with Gasteiger partial charge in [0, 0.05) is 19.3 Å². The molecule has 0 rings (SSSR count). The van der Waals surface area contributed by atoms with Gasteiger partial charge in [0.05, 0.1) is 5.92 Å². The Morgan fingerprint density at radius 2 is 1.15 bits per heavy atom. The monoisotopic (exact) mass is 376 g/mol. The van der Waals surface area contributed by atoms with Gasteiger partial charge in [-0.15, -0.1) is 0 Å². The summed E-state index contributed by atoms with van der Waals surface area (Å²) in [5.74, 6) is 10.4. The number of rotatable bonds is 16. The van der Waals surface area contributed by atoms with Crippen LogP contribution >= 0.6 is 0 Å². The van der Waals surface area contributed by atoms with Crippen LogP contribution in [0.15, 0.2) is 0 Å². The van der Waals surface area contributed by atoms with Gasteiger partial charge in [-0.1, -0.05) is 70.1 Å². The summed E-state index contributed by atoms with van der Waals surface area (Å²) >= 11 is 0. The van der Waals surface area contributed by atoms with E-state index >= 15 is 0 Å². The Bertz CT molecular complexity index is 516. The summed E-state index contributed by atoms with van der Waals surface area (Å²) in [6.45, 7) is 1.77. The van der Waals surface area contributed by atoms with Crippen LogP contribution in [0, 0.1) is 29.6 Å². The van der Waals surface area contributed by atoms with Crippen LogP contribution in [0.25, 0.3) is 0 Å². The van der Waals surface area contributed by atoms with Crippen molar-refractivity contribution in [2.45, 2.75) is 103 Å². The Morgan fingerprint density at radius 1 is 0.704 bits per heavy atom. The number of aliphatic carboxylic acids is 2. The molecule has 1 unspecified atom stereocenters. The van der Waals surface area contributed by atoms with E-state index < -0.39 is 11.9 Å². The Hall–Kier alpha value is -1.94. The summed E-state index contributed by atoms with van der Waals surface area (Å²) in [6, 6.07) is 0. The van der Waals surface area contributed by atoms with Crippen LogP contribution in [-0.2, 0) is 9.59 Å². The highest BCUT2D eigenvalue weighted by Gasteiger charge is 2.09. The molecule has 0 amide bonds. The molecular weight excluding hydrogens is 340 g/mol. The SMILES string of the molecule is CC(CCCCCCCC#CC#CCCCCCCCCC(=O)O)C(=O)O. The lowest BCUT2D eigenvalue weighted by molar-refractivity contribution is -0.141. The Morgan fingerprint density at radius 3 is 1.63 bits per heavy atom. The average molecular weight is 377 g/mol. The topological polar surface area (TPSA) is 74.6 Å². The average Bonchev–Trinajstić information content (AvgIpc) is 2.63. The van der Waals surface area contributed by atoms with E-state index in [-0.39, 0.29) is 12.3 Å². The first kappa shape index (κ1) is 25.1. The van der Waals surface area contributed by atoms with Crippen molar-refractivity contribution in [3.8, 4) is 23.7 Å². The Kier molecular flexibility index (Phi) is 17.5. The first-order chi connectivity index (χ1) is 13.0. The summed E-state index contributed by atoms with van der Waals surface area (Å²) in [4.78, 5) is 21.1. The van der Waals surface area contributed by atoms with Crippen LogP contribution in [0.1, 0.15) is 103 Å². The minimum Gasteiger partial charge on any atom is -0.481 e. The summed E-state index contributed by atoms with van der Waals surface area (Å²) in [5.41, 5.74) is 0. The number of unbranched alkanes of at least 4 members (excludes halogenated alkanes) is 11. The Labute approximate surface area is 165 Å². The van der Waals surface area contributed by atoms with E-state index in [0.29, 0.717) is 0 Å². The van der Waals surface area contributed by atoms with Crippen molar-refractivity contribution in [1.82, 2.24) is 0 Å². The van der Waals surface area contributed by atoms with Crippen LogP contribution in [0.5, 0.6) is 0 Å². The largest absolute Gasteiger partial charge is 0.481 e. The molecule has 2 N–H and O–H groups in total. The molecule has 0 heterocycles. The first-order valence-corrected chi connectivity index (χ1v) is 10.4. The normalized spacial score (nSPS) is 11.0. The van der Waals surface area contributed by atoms with Crippen LogP contribution in [0.2, 0.25) is 0 Å². The molecule has 0 bridgehead atoms. The van der Waals surface area contributed by atoms with Crippen LogP contribution in [0.4, 0.5) is 0 Å². The molecule has 0 saturated carbocycles. The number of hydrogen-bond acceptors (Lipinski definition) is 2. The van der Waals surface area contributed by atoms with E-state index in [1.807, 2.05) is 0 Å². The molecule has 4 heteroatoms. The van der Waals surface area contributed by atoms with Crippen LogP contribution < -0.4 is 0 Å². The summed E-state index contributed by atoms with van der Waals surface area (Å²) in [7, 11) is 0. The molecule has 152 valence electrons. The molecule has 27 heavy (non-hydrogen) atoms. The van der Waals surface area contributed by atoms with E-state index in [4.69, 9.17) is 10.2 Å². The van der Waals surface area contributed by atoms with Crippen molar-refractivity contribution in [2.24, 2.45) is 5.92 Å². The zero-order chi connectivity index (χ0) is 20.2. The molecule has 1 atom stereocenters. The highest BCUT2D eigenvalue weighted by Crippen LogP contribution is 2.12. The van der Waals surface area contributed by atoms with Crippen LogP contribution in [0.3, 0.4) is 0 Å². The Balaban J connectivity index is 3.35. The maximum Gasteiger partial charge on any atom is 0.306 e. The van der Waals surface area contributed by atoms with E-state index in [2.05, 4.69) is 23.7 Å². The molecule has 0 aliphatic heterocycles. The molecule has 0 fully saturated rings. The second kappa shape index (κ2) is 18.8. The van der Waals surface area contributed by atoms with Gasteiger partial charge in [0.15, 0.2) is 0 Å². The molecule has 0 aromatic heterocycles. The van der Waals surface area contributed by atoms with Gasteiger partial charge in [-0.25, -0.2) is 0 Å². The maximum absolute atomic E-state index is 10.7. The lowest BCUT2D eigenvalue weighted by Crippen LogP contribution is -2.08. The fourth-order valence-electron chi connectivity index (χ4n) is 2.73.